The molecule has 0 bridgehead atoms. The molecule has 106 valence electrons. The van der Waals surface area contributed by atoms with E-state index in [1.54, 1.807) is 6.92 Å². The number of hydrogen-bond acceptors (Lipinski definition) is 2. The van der Waals surface area contributed by atoms with Gasteiger partial charge in [-0.3, -0.25) is 4.79 Å². The van der Waals surface area contributed by atoms with Gasteiger partial charge < -0.3 is 0 Å². The van der Waals surface area contributed by atoms with Gasteiger partial charge in [-0.1, -0.05) is 17.7 Å². The van der Waals surface area contributed by atoms with Gasteiger partial charge in [-0.2, -0.15) is 5.26 Å². The van der Waals surface area contributed by atoms with Crippen molar-refractivity contribution in [1.82, 2.24) is 0 Å². The van der Waals surface area contributed by atoms with E-state index in [2.05, 4.69) is 0 Å². The molecular weight excluding hydrogens is 296 g/mol. The minimum atomic E-state index is -1.16. The Kier molecular flexibility index (Phi) is 4.35. The number of ketones is 1. The zero-order valence-corrected chi connectivity index (χ0v) is 11.8. The minimum Gasteiger partial charge on any atom is -0.292 e. The molecule has 0 amide bonds. The zero-order valence-electron chi connectivity index (χ0n) is 11.0. The average molecular weight is 306 g/mol. The van der Waals surface area contributed by atoms with Gasteiger partial charge in [-0.25, -0.2) is 8.78 Å². The lowest BCUT2D eigenvalue weighted by molar-refractivity contribution is 0.0978. The van der Waals surface area contributed by atoms with Crippen LogP contribution >= 0.6 is 11.6 Å². The lowest BCUT2D eigenvalue weighted by Crippen LogP contribution is -2.13. The van der Waals surface area contributed by atoms with E-state index >= 15 is 0 Å². The van der Waals surface area contributed by atoms with Crippen LogP contribution in [0.2, 0.25) is 5.02 Å². The van der Waals surface area contributed by atoms with Gasteiger partial charge in [0.2, 0.25) is 0 Å². The summed E-state index contributed by atoms with van der Waals surface area (Å²) in [6.07, 6.45) is 0. The van der Waals surface area contributed by atoms with Crippen molar-refractivity contribution in [3.63, 3.8) is 0 Å². The first kappa shape index (κ1) is 15.1. The molecule has 0 spiro atoms. The lowest BCUT2D eigenvalue weighted by atomic mass is 9.90. The van der Waals surface area contributed by atoms with Gasteiger partial charge in [0.1, 0.15) is 17.6 Å². The molecule has 2 aromatic carbocycles. The smallest absolute Gasteiger partial charge is 0.184 e. The SMILES string of the molecule is Cc1cc(F)ccc1C(=O)C(C#N)c1ccc(F)cc1Cl. The Balaban J connectivity index is 2.46. The Bertz CT molecular complexity index is 752. The number of nitrogens with zero attached hydrogens (tertiary/aromatic N) is 1. The van der Waals surface area contributed by atoms with E-state index in [1.807, 2.05) is 6.07 Å². The molecule has 1 atom stereocenters. The van der Waals surface area contributed by atoms with E-state index in [0.717, 1.165) is 18.2 Å². The predicted octanol–water partition coefficient (Wildman–Crippen LogP) is 4.42. The third-order valence-corrected chi connectivity index (χ3v) is 3.45. The highest BCUT2D eigenvalue weighted by Crippen LogP contribution is 2.29. The third-order valence-electron chi connectivity index (χ3n) is 3.12. The van der Waals surface area contributed by atoms with Crippen LogP contribution in [0, 0.1) is 29.9 Å². The van der Waals surface area contributed by atoms with Crippen molar-refractivity contribution in [2.24, 2.45) is 0 Å². The maximum absolute atomic E-state index is 13.1. The summed E-state index contributed by atoms with van der Waals surface area (Å²) in [6.45, 7) is 1.58. The first-order valence-corrected chi connectivity index (χ1v) is 6.46. The molecule has 0 heterocycles. The summed E-state index contributed by atoms with van der Waals surface area (Å²) >= 11 is 5.90. The average Bonchev–Trinajstić information content (AvgIpc) is 2.41. The van der Waals surface area contributed by atoms with Crippen molar-refractivity contribution < 1.29 is 13.6 Å². The molecule has 0 saturated heterocycles. The van der Waals surface area contributed by atoms with E-state index in [4.69, 9.17) is 11.6 Å². The van der Waals surface area contributed by atoms with Crippen LogP contribution < -0.4 is 0 Å². The van der Waals surface area contributed by atoms with Crippen molar-refractivity contribution in [2.45, 2.75) is 12.8 Å². The summed E-state index contributed by atoms with van der Waals surface area (Å²) in [5.41, 5.74) is 0.899. The molecule has 1 unspecified atom stereocenters. The number of Topliss-reactive ketones (excluding diaryl/α,β-unsaturated/α-hetero) is 1. The van der Waals surface area contributed by atoms with Crippen molar-refractivity contribution in [3.05, 3.63) is 69.7 Å². The minimum absolute atomic E-state index is 0.00895. The van der Waals surface area contributed by atoms with Gasteiger partial charge in [-0.05, 0) is 48.4 Å². The summed E-state index contributed by atoms with van der Waals surface area (Å²) in [6, 6.07) is 9.06. The predicted molar refractivity (Wildman–Crippen MR) is 75.2 cm³/mol. The monoisotopic (exact) mass is 305 g/mol. The second kappa shape index (κ2) is 6.02. The van der Waals surface area contributed by atoms with Crippen molar-refractivity contribution in [2.75, 3.05) is 0 Å². The molecule has 2 aromatic rings. The standard InChI is InChI=1S/C16H10ClF2NO/c1-9-6-10(18)2-4-12(9)16(21)14(8-20)13-5-3-11(19)7-15(13)17/h2-7,14H,1H3. The van der Waals surface area contributed by atoms with Crippen LogP contribution in [0.5, 0.6) is 0 Å². The van der Waals surface area contributed by atoms with Crippen molar-refractivity contribution >= 4 is 17.4 Å². The number of carbonyl (C=O) groups is 1. The van der Waals surface area contributed by atoms with E-state index in [-0.39, 0.29) is 16.1 Å². The van der Waals surface area contributed by atoms with Gasteiger partial charge in [0.05, 0.1) is 6.07 Å². The quantitative estimate of drug-likeness (QED) is 0.788. The normalized spacial score (nSPS) is 11.8. The number of hydrogen-bond donors (Lipinski definition) is 0. The number of rotatable bonds is 3. The fourth-order valence-corrected chi connectivity index (χ4v) is 2.34. The largest absolute Gasteiger partial charge is 0.292 e. The second-order valence-corrected chi connectivity index (χ2v) is 4.96. The number of benzene rings is 2. The molecular formula is C16H10ClF2NO. The van der Waals surface area contributed by atoms with Gasteiger partial charge in [0.15, 0.2) is 5.78 Å². The fourth-order valence-electron chi connectivity index (χ4n) is 2.06. The summed E-state index contributed by atoms with van der Waals surface area (Å²) in [5, 5.41) is 9.26. The lowest BCUT2D eigenvalue weighted by Gasteiger charge is -2.12. The van der Waals surface area contributed by atoms with Gasteiger partial charge in [0.25, 0.3) is 0 Å². The summed E-state index contributed by atoms with van der Waals surface area (Å²) < 4.78 is 26.1. The maximum Gasteiger partial charge on any atom is 0.184 e. The summed E-state index contributed by atoms with van der Waals surface area (Å²) in [7, 11) is 0. The van der Waals surface area contributed by atoms with Crippen LogP contribution in [-0.2, 0) is 0 Å². The molecule has 2 nitrogen and oxygen atoms in total. The number of aryl methyl sites for hydroxylation is 1. The number of halogens is 3. The van der Waals surface area contributed by atoms with Gasteiger partial charge in [-0.15, -0.1) is 0 Å². The van der Waals surface area contributed by atoms with E-state index < -0.39 is 23.3 Å². The Morgan fingerprint density at radius 1 is 1.19 bits per heavy atom. The molecule has 0 radical (unpaired) electrons. The van der Waals surface area contributed by atoms with Gasteiger partial charge >= 0.3 is 0 Å². The topological polar surface area (TPSA) is 40.9 Å². The maximum atomic E-state index is 13.1. The molecule has 0 N–H and O–H groups in total. The van der Waals surface area contributed by atoms with Crippen LogP contribution in [0.4, 0.5) is 8.78 Å². The molecule has 0 fully saturated rings. The Labute approximate surface area is 125 Å². The highest BCUT2D eigenvalue weighted by Gasteiger charge is 2.25. The highest BCUT2D eigenvalue weighted by atomic mass is 35.5. The number of carbonyl (C=O) groups excluding carboxylic acids is 1. The zero-order chi connectivity index (χ0) is 15.6. The van der Waals surface area contributed by atoms with Crippen LogP contribution in [0.3, 0.4) is 0 Å². The van der Waals surface area contributed by atoms with E-state index in [0.29, 0.717) is 5.56 Å². The van der Waals surface area contributed by atoms with E-state index in [1.165, 1.54) is 18.2 Å². The van der Waals surface area contributed by atoms with Crippen molar-refractivity contribution in [1.29, 1.82) is 5.26 Å². The first-order chi connectivity index (χ1) is 9.93. The highest BCUT2D eigenvalue weighted by molar-refractivity contribution is 6.31. The first-order valence-electron chi connectivity index (χ1n) is 6.09. The summed E-state index contributed by atoms with van der Waals surface area (Å²) in [4.78, 5) is 12.4. The molecule has 0 aliphatic rings. The number of nitriles is 1. The Hall–Kier alpha value is -2.25. The second-order valence-electron chi connectivity index (χ2n) is 4.55. The van der Waals surface area contributed by atoms with Crippen LogP contribution in [0.15, 0.2) is 36.4 Å². The molecule has 0 saturated carbocycles. The van der Waals surface area contributed by atoms with Crippen LogP contribution in [0.25, 0.3) is 0 Å². The molecule has 0 aliphatic carbocycles. The Morgan fingerprint density at radius 3 is 2.38 bits per heavy atom. The Morgan fingerprint density at radius 2 is 1.81 bits per heavy atom. The van der Waals surface area contributed by atoms with Crippen LogP contribution in [0.1, 0.15) is 27.4 Å². The molecule has 5 heteroatoms. The molecule has 2 rings (SSSR count). The third kappa shape index (κ3) is 3.09. The molecule has 0 aromatic heterocycles. The van der Waals surface area contributed by atoms with Crippen molar-refractivity contribution in [3.8, 4) is 6.07 Å². The summed E-state index contributed by atoms with van der Waals surface area (Å²) in [5.74, 6) is -2.67. The van der Waals surface area contributed by atoms with E-state index in [9.17, 15) is 18.8 Å². The van der Waals surface area contributed by atoms with Gasteiger partial charge in [0, 0.05) is 10.6 Å². The van der Waals surface area contributed by atoms with Crippen LogP contribution in [-0.4, -0.2) is 5.78 Å². The molecule has 21 heavy (non-hydrogen) atoms. The fraction of sp³-hybridized carbons (Fsp3) is 0.125. The molecule has 0 aliphatic heterocycles.